The Bertz CT molecular complexity index is 694. The van der Waals surface area contributed by atoms with Crippen LogP contribution in [0, 0.1) is 0 Å². The third-order valence-corrected chi connectivity index (χ3v) is 3.02. The highest BCUT2D eigenvalue weighted by Crippen LogP contribution is 2.14. The fourth-order valence-corrected chi connectivity index (χ4v) is 1.91. The van der Waals surface area contributed by atoms with E-state index in [1.807, 2.05) is 13.8 Å². The first-order valence-corrected chi connectivity index (χ1v) is 6.76. The molecular formula is C14H20N4O3. The summed E-state index contributed by atoms with van der Waals surface area (Å²) in [7, 11) is 0. The van der Waals surface area contributed by atoms with E-state index in [2.05, 4.69) is 15.3 Å². The lowest BCUT2D eigenvalue weighted by atomic mass is 10.1. The van der Waals surface area contributed by atoms with Crippen molar-refractivity contribution in [2.24, 2.45) is 0 Å². The monoisotopic (exact) mass is 292 g/mol. The molecular weight excluding hydrogens is 272 g/mol. The number of nitrogens with zero attached hydrogens (tertiary/aromatic N) is 3. The highest BCUT2D eigenvalue weighted by molar-refractivity contribution is 5.75. The number of aliphatic hydroxyl groups excluding tert-OH is 2. The molecule has 114 valence electrons. The second-order valence-corrected chi connectivity index (χ2v) is 5.77. The lowest BCUT2D eigenvalue weighted by Crippen LogP contribution is -2.36. The van der Waals surface area contributed by atoms with Crippen molar-refractivity contribution < 1.29 is 10.2 Å². The molecule has 7 heteroatoms. The molecule has 0 saturated carbocycles. The molecule has 0 aliphatic heterocycles. The number of rotatable bonds is 5. The van der Waals surface area contributed by atoms with Crippen molar-refractivity contribution in [1.29, 1.82) is 0 Å². The number of aliphatic hydroxyl groups is 2. The van der Waals surface area contributed by atoms with E-state index in [9.17, 15) is 15.0 Å². The van der Waals surface area contributed by atoms with Gasteiger partial charge in [0.15, 0.2) is 0 Å². The standard InChI is InChI=1S/C14H20N4O3/c1-9(20)7-18-11(21)5-4-10-6-15-13(16-12(10)18)17-14(2,3)8-19/h4-6,9,19-20H,7-8H2,1-3H3,(H,15,16,17)/t9-/m0/s1. The van der Waals surface area contributed by atoms with Crippen molar-refractivity contribution in [2.75, 3.05) is 11.9 Å². The summed E-state index contributed by atoms with van der Waals surface area (Å²) in [6, 6.07) is 3.08. The summed E-state index contributed by atoms with van der Waals surface area (Å²) in [5, 5.41) is 22.5. The highest BCUT2D eigenvalue weighted by Gasteiger charge is 2.18. The van der Waals surface area contributed by atoms with Crippen molar-refractivity contribution in [3.8, 4) is 0 Å². The molecule has 2 rings (SSSR count). The minimum atomic E-state index is -0.659. The average molecular weight is 292 g/mol. The Kier molecular flexibility index (Phi) is 4.24. The van der Waals surface area contributed by atoms with Crippen LogP contribution in [-0.4, -0.2) is 43.0 Å². The summed E-state index contributed by atoms with van der Waals surface area (Å²) in [4.78, 5) is 20.5. The molecule has 7 nitrogen and oxygen atoms in total. The highest BCUT2D eigenvalue weighted by atomic mass is 16.3. The number of hydrogen-bond acceptors (Lipinski definition) is 6. The van der Waals surface area contributed by atoms with Crippen molar-refractivity contribution in [3.05, 3.63) is 28.7 Å². The van der Waals surface area contributed by atoms with E-state index in [1.165, 1.54) is 10.6 Å². The molecule has 0 radical (unpaired) electrons. The Balaban J connectivity index is 2.52. The van der Waals surface area contributed by atoms with Gasteiger partial charge < -0.3 is 15.5 Å². The molecule has 0 unspecified atom stereocenters. The lowest BCUT2D eigenvalue weighted by Gasteiger charge is -2.23. The molecule has 0 saturated heterocycles. The summed E-state index contributed by atoms with van der Waals surface area (Å²) in [6.45, 7) is 5.32. The van der Waals surface area contributed by atoms with Crippen molar-refractivity contribution in [3.63, 3.8) is 0 Å². The summed E-state index contributed by atoms with van der Waals surface area (Å²) in [5.41, 5.74) is -0.346. The Hall–Kier alpha value is -1.99. The van der Waals surface area contributed by atoms with Crippen LogP contribution in [-0.2, 0) is 6.54 Å². The average Bonchev–Trinajstić information content (AvgIpc) is 2.41. The summed E-state index contributed by atoms with van der Waals surface area (Å²) >= 11 is 0. The maximum Gasteiger partial charge on any atom is 0.252 e. The second-order valence-electron chi connectivity index (χ2n) is 5.77. The van der Waals surface area contributed by atoms with Crippen LogP contribution in [0.2, 0.25) is 0 Å². The van der Waals surface area contributed by atoms with Crippen LogP contribution in [0.4, 0.5) is 5.95 Å². The number of fused-ring (bicyclic) bond motifs is 1. The Morgan fingerprint density at radius 3 is 2.76 bits per heavy atom. The SMILES string of the molecule is C[C@H](O)Cn1c(=O)ccc2cnc(NC(C)(C)CO)nc21. The molecule has 0 bridgehead atoms. The van der Waals surface area contributed by atoms with Gasteiger partial charge in [-0.3, -0.25) is 9.36 Å². The molecule has 0 amide bonds. The normalized spacial score (nSPS) is 13.4. The van der Waals surface area contributed by atoms with Crippen LogP contribution >= 0.6 is 0 Å². The van der Waals surface area contributed by atoms with Gasteiger partial charge in [-0.15, -0.1) is 0 Å². The van der Waals surface area contributed by atoms with Gasteiger partial charge in [0.2, 0.25) is 5.95 Å². The first kappa shape index (κ1) is 15.4. The first-order chi connectivity index (χ1) is 9.82. The molecule has 2 aromatic rings. The van der Waals surface area contributed by atoms with Gasteiger partial charge in [0, 0.05) is 17.6 Å². The van der Waals surface area contributed by atoms with Crippen LogP contribution in [0.1, 0.15) is 20.8 Å². The predicted octanol–water partition coefficient (Wildman–Crippen LogP) is 0.355. The van der Waals surface area contributed by atoms with E-state index in [4.69, 9.17) is 0 Å². The molecule has 3 N–H and O–H groups in total. The maximum absolute atomic E-state index is 12.0. The van der Waals surface area contributed by atoms with Gasteiger partial charge in [-0.25, -0.2) is 4.98 Å². The van der Waals surface area contributed by atoms with E-state index < -0.39 is 11.6 Å². The molecule has 1 atom stereocenters. The molecule has 0 aromatic carbocycles. The molecule has 21 heavy (non-hydrogen) atoms. The summed E-state index contributed by atoms with van der Waals surface area (Å²) in [6.07, 6.45) is 0.949. The van der Waals surface area contributed by atoms with E-state index in [0.29, 0.717) is 17.0 Å². The summed E-state index contributed by atoms with van der Waals surface area (Å²) < 4.78 is 1.42. The van der Waals surface area contributed by atoms with E-state index in [0.717, 1.165) is 0 Å². The fourth-order valence-electron chi connectivity index (χ4n) is 1.91. The van der Waals surface area contributed by atoms with Gasteiger partial charge in [-0.05, 0) is 26.8 Å². The minimum absolute atomic E-state index is 0.0797. The van der Waals surface area contributed by atoms with Gasteiger partial charge in [-0.1, -0.05) is 0 Å². The van der Waals surface area contributed by atoms with Crippen LogP contribution in [0.15, 0.2) is 23.1 Å². The molecule has 0 fully saturated rings. The number of hydrogen-bond donors (Lipinski definition) is 3. The Morgan fingerprint density at radius 1 is 1.43 bits per heavy atom. The number of nitrogens with one attached hydrogen (secondary N) is 1. The van der Waals surface area contributed by atoms with Crippen LogP contribution in [0.5, 0.6) is 0 Å². The molecule has 0 aliphatic carbocycles. The fraction of sp³-hybridized carbons (Fsp3) is 0.500. The van der Waals surface area contributed by atoms with E-state index in [-0.39, 0.29) is 18.7 Å². The molecule has 2 aromatic heterocycles. The van der Waals surface area contributed by atoms with Crippen molar-refractivity contribution in [1.82, 2.24) is 14.5 Å². The van der Waals surface area contributed by atoms with Gasteiger partial charge in [0.25, 0.3) is 5.56 Å². The van der Waals surface area contributed by atoms with Crippen LogP contribution in [0.3, 0.4) is 0 Å². The Morgan fingerprint density at radius 2 is 2.14 bits per heavy atom. The van der Waals surface area contributed by atoms with E-state index in [1.54, 1.807) is 19.2 Å². The zero-order valence-corrected chi connectivity index (χ0v) is 12.4. The predicted molar refractivity (Wildman–Crippen MR) is 80.3 cm³/mol. The van der Waals surface area contributed by atoms with Gasteiger partial charge in [-0.2, -0.15) is 4.98 Å². The lowest BCUT2D eigenvalue weighted by molar-refractivity contribution is 0.173. The van der Waals surface area contributed by atoms with Crippen molar-refractivity contribution >= 4 is 17.0 Å². The molecule has 0 aliphatic rings. The third-order valence-electron chi connectivity index (χ3n) is 3.02. The van der Waals surface area contributed by atoms with Crippen LogP contribution in [0.25, 0.3) is 11.0 Å². The second kappa shape index (κ2) is 5.79. The molecule has 0 spiro atoms. The zero-order valence-electron chi connectivity index (χ0n) is 12.4. The largest absolute Gasteiger partial charge is 0.394 e. The van der Waals surface area contributed by atoms with Gasteiger partial charge in [0.05, 0.1) is 24.8 Å². The maximum atomic E-state index is 12.0. The first-order valence-electron chi connectivity index (χ1n) is 6.76. The summed E-state index contributed by atoms with van der Waals surface area (Å²) in [5.74, 6) is 0.325. The number of aromatic nitrogens is 3. The third kappa shape index (κ3) is 3.56. The van der Waals surface area contributed by atoms with E-state index >= 15 is 0 Å². The molecule has 2 heterocycles. The smallest absolute Gasteiger partial charge is 0.252 e. The Labute approximate surface area is 122 Å². The number of anilines is 1. The van der Waals surface area contributed by atoms with Gasteiger partial charge >= 0.3 is 0 Å². The van der Waals surface area contributed by atoms with Crippen LogP contribution < -0.4 is 10.9 Å². The quantitative estimate of drug-likeness (QED) is 0.735. The van der Waals surface area contributed by atoms with Crippen molar-refractivity contribution in [2.45, 2.75) is 39.0 Å². The van der Waals surface area contributed by atoms with Gasteiger partial charge in [0.1, 0.15) is 5.65 Å². The zero-order chi connectivity index (χ0) is 15.6. The topological polar surface area (TPSA) is 100 Å². The minimum Gasteiger partial charge on any atom is -0.394 e. The number of pyridine rings is 1.